The van der Waals surface area contributed by atoms with Gasteiger partial charge < -0.3 is 24.6 Å². The van der Waals surface area contributed by atoms with Crippen molar-refractivity contribution in [3.63, 3.8) is 0 Å². The summed E-state index contributed by atoms with van der Waals surface area (Å²) in [5, 5.41) is 16.9. The van der Waals surface area contributed by atoms with Gasteiger partial charge in [0.15, 0.2) is 6.61 Å². The Labute approximate surface area is 248 Å². The molecule has 222 valence electrons. The first kappa shape index (κ1) is 29.3. The number of hydrazine groups is 1. The average Bonchev–Trinajstić information content (AvgIpc) is 3.35. The van der Waals surface area contributed by atoms with Gasteiger partial charge in [0.2, 0.25) is 11.8 Å². The molecule has 2 heterocycles. The number of carbonyl (C=O) groups is 4. The van der Waals surface area contributed by atoms with E-state index in [0.29, 0.717) is 12.3 Å². The Hall–Kier alpha value is -5.15. The Kier molecular flexibility index (Phi) is 8.73. The van der Waals surface area contributed by atoms with Crippen LogP contribution < -0.4 is 10.1 Å². The number of rotatable bonds is 9. The van der Waals surface area contributed by atoms with Crippen LogP contribution in [0.5, 0.6) is 5.75 Å². The van der Waals surface area contributed by atoms with Gasteiger partial charge in [0.1, 0.15) is 24.5 Å². The van der Waals surface area contributed by atoms with Gasteiger partial charge in [-0.2, -0.15) is 10.3 Å². The Morgan fingerprint density at radius 3 is 2.53 bits per heavy atom. The number of amides is 4. The van der Waals surface area contributed by atoms with Gasteiger partial charge in [-0.15, -0.1) is 0 Å². The molecule has 3 aromatic rings. The molecule has 43 heavy (non-hydrogen) atoms. The summed E-state index contributed by atoms with van der Waals surface area (Å²) in [7, 11) is 2.74. The fourth-order valence-electron chi connectivity index (χ4n) is 5.65. The molecule has 0 radical (unpaired) electrons. The van der Waals surface area contributed by atoms with Crippen LogP contribution in [0.1, 0.15) is 11.1 Å². The summed E-state index contributed by atoms with van der Waals surface area (Å²) in [6.07, 6.45) is -0.435. The first-order valence-corrected chi connectivity index (χ1v) is 13.8. The molecule has 2 aliphatic heterocycles. The lowest BCUT2D eigenvalue weighted by Crippen LogP contribution is -2.65. The van der Waals surface area contributed by atoms with Crippen molar-refractivity contribution in [3.05, 3.63) is 77.9 Å². The van der Waals surface area contributed by atoms with E-state index in [0.717, 1.165) is 21.9 Å². The van der Waals surface area contributed by atoms with Crippen molar-refractivity contribution in [2.45, 2.75) is 25.2 Å². The van der Waals surface area contributed by atoms with E-state index < -0.39 is 24.2 Å². The van der Waals surface area contributed by atoms with Gasteiger partial charge in [-0.1, -0.05) is 54.6 Å². The summed E-state index contributed by atoms with van der Waals surface area (Å²) < 4.78 is 10.0. The molecular formula is C31H32N6O6. The van der Waals surface area contributed by atoms with Crippen LogP contribution in [0.4, 0.5) is 4.79 Å². The molecule has 0 aliphatic carbocycles. The Morgan fingerprint density at radius 1 is 1.07 bits per heavy atom. The largest absolute Gasteiger partial charge is 0.482 e. The lowest BCUT2D eigenvalue weighted by Gasteiger charge is -2.46. The number of ether oxygens (including phenoxy) is 2. The molecule has 12 heteroatoms. The summed E-state index contributed by atoms with van der Waals surface area (Å²) in [6.45, 7) is -0.173. The monoisotopic (exact) mass is 584 g/mol. The van der Waals surface area contributed by atoms with Crippen LogP contribution in [0.2, 0.25) is 0 Å². The number of hydrogen-bond acceptors (Lipinski definition) is 8. The zero-order chi connectivity index (χ0) is 30.5. The number of esters is 1. The molecule has 0 saturated carbocycles. The van der Waals surface area contributed by atoms with Crippen molar-refractivity contribution in [2.24, 2.45) is 0 Å². The van der Waals surface area contributed by atoms with Crippen LogP contribution in [0.25, 0.3) is 10.8 Å². The van der Waals surface area contributed by atoms with E-state index >= 15 is 0 Å². The maximum atomic E-state index is 14.1. The van der Waals surface area contributed by atoms with Gasteiger partial charge >= 0.3 is 12.0 Å². The van der Waals surface area contributed by atoms with E-state index in [-0.39, 0.29) is 44.5 Å². The second-order valence-electron chi connectivity index (χ2n) is 10.2. The van der Waals surface area contributed by atoms with Gasteiger partial charge in [-0.3, -0.25) is 9.59 Å². The van der Waals surface area contributed by atoms with Crippen LogP contribution in [0, 0.1) is 11.3 Å². The van der Waals surface area contributed by atoms with Crippen LogP contribution in [-0.2, 0) is 32.1 Å². The number of piperazine rings is 1. The highest BCUT2D eigenvalue weighted by Gasteiger charge is 2.52. The molecule has 12 nitrogen and oxygen atoms in total. The SMILES string of the molecule is CNC(=O)N(CC#N)N1CC(=O)N2[C@@H](Cc3ccc(OCC(=O)OC)cc3)C(=O)N(Cc3cccc4ccccc34)C[C@@H]21. The number of carbonyl (C=O) groups excluding carboxylic acids is 4. The van der Waals surface area contributed by atoms with Crippen molar-refractivity contribution in [1.82, 2.24) is 25.1 Å². The van der Waals surface area contributed by atoms with Crippen LogP contribution in [-0.4, -0.2) is 96.2 Å². The number of fused-ring (bicyclic) bond motifs is 2. The minimum atomic E-state index is -0.846. The van der Waals surface area contributed by atoms with E-state index in [2.05, 4.69) is 10.1 Å². The van der Waals surface area contributed by atoms with Gasteiger partial charge in [-0.25, -0.2) is 14.6 Å². The highest BCUT2D eigenvalue weighted by atomic mass is 16.6. The Morgan fingerprint density at radius 2 is 1.81 bits per heavy atom. The number of hydrogen-bond donors (Lipinski definition) is 1. The lowest BCUT2D eigenvalue weighted by atomic mass is 9.99. The second kappa shape index (κ2) is 12.8. The molecule has 2 atom stereocenters. The average molecular weight is 585 g/mol. The molecule has 2 fully saturated rings. The molecule has 0 bridgehead atoms. The van der Waals surface area contributed by atoms with Crippen LogP contribution >= 0.6 is 0 Å². The fraction of sp³-hybridized carbons (Fsp3) is 0.323. The van der Waals surface area contributed by atoms with Gasteiger partial charge in [0.25, 0.3) is 0 Å². The number of methoxy groups -OCH3 is 1. The first-order chi connectivity index (χ1) is 20.8. The molecule has 4 amide bonds. The Bertz CT molecular complexity index is 1570. The molecular weight excluding hydrogens is 552 g/mol. The predicted molar refractivity (Wildman–Crippen MR) is 155 cm³/mol. The topological polar surface area (TPSA) is 136 Å². The zero-order valence-corrected chi connectivity index (χ0v) is 23.9. The second-order valence-corrected chi connectivity index (χ2v) is 10.2. The van der Waals surface area contributed by atoms with E-state index in [1.807, 2.05) is 48.5 Å². The number of nitrogens with one attached hydrogen (secondary N) is 1. The minimum Gasteiger partial charge on any atom is -0.482 e. The van der Waals surface area contributed by atoms with Crippen molar-refractivity contribution >= 4 is 34.6 Å². The van der Waals surface area contributed by atoms with Crippen molar-refractivity contribution < 1.29 is 28.7 Å². The molecule has 0 aromatic heterocycles. The molecule has 2 aliphatic rings. The molecule has 3 aromatic carbocycles. The highest BCUT2D eigenvalue weighted by Crippen LogP contribution is 2.31. The van der Waals surface area contributed by atoms with Gasteiger partial charge in [0.05, 0.1) is 26.3 Å². The normalized spacial score (nSPS) is 18.3. The van der Waals surface area contributed by atoms with E-state index in [1.54, 1.807) is 34.2 Å². The highest BCUT2D eigenvalue weighted by molar-refractivity contribution is 5.92. The Balaban J connectivity index is 1.46. The summed E-state index contributed by atoms with van der Waals surface area (Å²) >= 11 is 0. The number of benzene rings is 3. The lowest BCUT2D eigenvalue weighted by molar-refractivity contribution is -0.157. The smallest absolute Gasteiger partial charge is 0.343 e. The molecule has 2 saturated heterocycles. The summed E-state index contributed by atoms with van der Waals surface area (Å²) in [5.41, 5.74) is 1.74. The third-order valence-corrected chi connectivity index (χ3v) is 7.72. The molecule has 0 unspecified atom stereocenters. The quantitative estimate of drug-likeness (QED) is 0.298. The maximum Gasteiger partial charge on any atom is 0.343 e. The summed E-state index contributed by atoms with van der Waals surface area (Å²) in [5.74, 6) is -0.565. The third kappa shape index (κ3) is 6.07. The maximum absolute atomic E-state index is 14.1. The van der Waals surface area contributed by atoms with Crippen molar-refractivity contribution in [3.8, 4) is 11.8 Å². The number of urea groups is 1. The van der Waals surface area contributed by atoms with Crippen molar-refractivity contribution in [2.75, 3.05) is 40.4 Å². The minimum absolute atomic E-state index is 0.147. The van der Waals surface area contributed by atoms with Gasteiger partial charge in [-0.05, 0) is 34.0 Å². The first-order valence-electron chi connectivity index (χ1n) is 13.8. The van der Waals surface area contributed by atoms with E-state index in [9.17, 15) is 24.4 Å². The van der Waals surface area contributed by atoms with E-state index in [1.165, 1.54) is 24.1 Å². The van der Waals surface area contributed by atoms with E-state index in [4.69, 9.17) is 4.74 Å². The predicted octanol–water partition coefficient (Wildman–Crippen LogP) is 1.90. The number of nitrogens with zero attached hydrogens (tertiary/aromatic N) is 5. The van der Waals surface area contributed by atoms with Gasteiger partial charge in [0, 0.05) is 20.0 Å². The fourth-order valence-corrected chi connectivity index (χ4v) is 5.65. The summed E-state index contributed by atoms with van der Waals surface area (Å²) in [4.78, 5) is 55.0. The molecule has 5 rings (SSSR count). The third-order valence-electron chi connectivity index (χ3n) is 7.72. The van der Waals surface area contributed by atoms with Crippen molar-refractivity contribution in [1.29, 1.82) is 5.26 Å². The zero-order valence-electron chi connectivity index (χ0n) is 23.9. The standard InChI is InChI=1S/C31H32N6O6/c1-33-31(41)35(15-14-32)36-19-28(38)37-26(16-21-10-12-24(13-11-21)43-20-29(39)42-2)30(40)34(18-27(36)37)17-23-8-5-7-22-6-3-4-9-25(22)23/h3-13,26-27H,15-20H2,1-2H3,(H,33,41)/t26-,27+/m0/s1. The van der Waals surface area contributed by atoms with Crippen LogP contribution in [0.3, 0.4) is 0 Å². The summed E-state index contributed by atoms with van der Waals surface area (Å²) in [6, 6.07) is 21.5. The molecule has 1 N–H and O–H groups in total. The number of nitriles is 1. The molecule has 0 spiro atoms. The van der Waals surface area contributed by atoms with Crippen LogP contribution in [0.15, 0.2) is 66.7 Å².